The summed E-state index contributed by atoms with van der Waals surface area (Å²) in [5, 5.41) is 8.54. The van der Waals surface area contributed by atoms with Crippen molar-refractivity contribution in [2.75, 3.05) is 46.1 Å². The summed E-state index contributed by atoms with van der Waals surface area (Å²) in [5.74, 6) is -0.984. The number of Topliss-reactive ketones (excluding diaryl/α,β-unsaturated/α-hetero) is 1. The molecule has 1 rings (SSSR count). The van der Waals surface area contributed by atoms with Crippen molar-refractivity contribution in [2.45, 2.75) is 52.0 Å². The zero-order valence-corrected chi connectivity index (χ0v) is 17.5. The third-order valence-corrected chi connectivity index (χ3v) is 4.95. The number of amides is 2. The number of ether oxygens (including phenoxy) is 2. The summed E-state index contributed by atoms with van der Waals surface area (Å²) in [7, 11) is 0. The van der Waals surface area contributed by atoms with Crippen LogP contribution in [0.4, 0.5) is 0 Å². The molecule has 1 saturated heterocycles. The molecule has 0 unspecified atom stereocenters. The van der Waals surface area contributed by atoms with Gasteiger partial charge in [0.05, 0.1) is 32.8 Å². The molecular weight excluding hydrogens is 380 g/mol. The number of carbonyl (C=O) groups excluding carboxylic acids is 3. The van der Waals surface area contributed by atoms with E-state index >= 15 is 0 Å². The molecule has 0 aromatic heterocycles. The van der Waals surface area contributed by atoms with Crippen molar-refractivity contribution in [2.24, 2.45) is 5.92 Å². The maximum atomic E-state index is 12.7. The van der Waals surface area contributed by atoms with Crippen molar-refractivity contribution in [1.82, 2.24) is 9.80 Å². The summed E-state index contributed by atoms with van der Waals surface area (Å²) >= 11 is 0. The van der Waals surface area contributed by atoms with E-state index < -0.39 is 5.97 Å². The summed E-state index contributed by atoms with van der Waals surface area (Å²) in [4.78, 5) is 49.4. The molecule has 0 saturated carbocycles. The smallest absolute Gasteiger partial charge is 0.305 e. The Morgan fingerprint density at radius 1 is 1.03 bits per heavy atom. The average Bonchev–Trinajstić information content (AvgIpc) is 2.70. The van der Waals surface area contributed by atoms with E-state index in [9.17, 15) is 19.2 Å². The normalized spacial score (nSPS) is 14.8. The van der Waals surface area contributed by atoms with Crippen LogP contribution in [-0.2, 0) is 28.7 Å². The number of carboxylic acids is 1. The Hall–Kier alpha value is -2.00. The van der Waals surface area contributed by atoms with Crippen LogP contribution in [0.3, 0.4) is 0 Å². The first kappa shape index (κ1) is 25.0. The highest BCUT2D eigenvalue weighted by Gasteiger charge is 2.27. The third-order valence-electron chi connectivity index (χ3n) is 4.95. The average molecular weight is 414 g/mol. The van der Waals surface area contributed by atoms with Crippen LogP contribution in [0.5, 0.6) is 0 Å². The number of carbonyl (C=O) groups is 4. The van der Waals surface area contributed by atoms with Gasteiger partial charge in [-0.3, -0.25) is 19.2 Å². The minimum atomic E-state index is -0.906. The lowest BCUT2D eigenvalue weighted by molar-refractivity contribution is -0.138. The number of aliphatic carboxylic acids is 1. The summed E-state index contributed by atoms with van der Waals surface area (Å²) in [5.41, 5.74) is 0. The Bertz CT molecular complexity index is 531. The molecule has 29 heavy (non-hydrogen) atoms. The van der Waals surface area contributed by atoms with E-state index in [4.69, 9.17) is 14.6 Å². The van der Waals surface area contributed by atoms with Crippen LogP contribution < -0.4 is 0 Å². The maximum Gasteiger partial charge on any atom is 0.305 e. The first-order valence-electron chi connectivity index (χ1n) is 10.2. The van der Waals surface area contributed by atoms with Crippen LogP contribution in [-0.4, -0.2) is 91.1 Å². The zero-order chi connectivity index (χ0) is 21.6. The Balaban J connectivity index is 2.44. The predicted molar refractivity (Wildman–Crippen MR) is 105 cm³/mol. The van der Waals surface area contributed by atoms with E-state index in [-0.39, 0.29) is 49.5 Å². The van der Waals surface area contributed by atoms with E-state index in [1.807, 2.05) is 13.8 Å². The van der Waals surface area contributed by atoms with Gasteiger partial charge in [-0.05, 0) is 12.8 Å². The molecular formula is C20H34N2O7. The molecule has 0 aromatic rings. The number of rotatable bonds is 15. The molecule has 0 radical (unpaired) electrons. The van der Waals surface area contributed by atoms with Gasteiger partial charge in [0.25, 0.3) is 0 Å². The fourth-order valence-corrected chi connectivity index (χ4v) is 3.12. The zero-order valence-electron chi connectivity index (χ0n) is 17.5. The summed E-state index contributed by atoms with van der Waals surface area (Å²) in [6.45, 7) is 6.37. The van der Waals surface area contributed by atoms with Crippen LogP contribution in [0, 0.1) is 5.92 Å². The molecule has 1 aliphatic rings. The Morgan fingerprint density at radius 3 is 2.21 bits per heavy atom. The summed E-state index contributed by atoms with van der Waals surface area (Å²) < 4.78 is 10.7. The summed E-state index contributed by atoms with van der Waals surface area (Å²) in [6, 6.07) is 0.0308. The lowest BCUT2D eigenvalue weighted by Gasteiger charge is -2.37. The van der Waals surface area contributed by atoms with Crippen molar-refractivity contribution in [3.63, 3.8) is 0 Å². The first-order chi connectivity index (χ1) is 13.8. The molecule has 0 aliphatic carbocycles. The second-order valence-electron chi connectivity index (χ2n) is 7.45. The number of hydrogen-bond acceptors (Lipinski definition) is 6. The Labute approximate surface area is 172 Å². The lowest BCUT2D eigenvalue weighted by atomic mass is 10.0. The molecule has 9 heteroatoms. The molecule has 1 heterocycles. The molecule has 166 valence electrons. The standard InChI is InChI=1S/C20H34N2O7/c1-16(2)18(24)3-4-19(25)22(17-5-8-21(15-23)9-6-17)10-12-29-14-13-28-11-7-20(26)27/h15-17H,3-14H2,1-2H3,(H,26,27). The molecule has 9 nitrogen and oxygen atoms in total. The van der Waals surface area contributed by atoms with E-state index in [2.05, 4.69) is 0 Å². The molecule has 0 spiro atoms. The van der Waals surface area contributed by atoms with Crippen LogP contribution in [0.1, 0.15) is 46.0 Å². The second-order valence-corrected chi connectivity index (χ2v) is 7.45. The minimum absolute atomic E-state index is 0.0308. The number of carboxylic acid groups (broad SMARTS) is 1. The van der Waals surface area contributed by atoms with Gasteiger partial charge in [0, 0.05) is 44.4 Å². The molecule has 1 aliphatic heterocycles. The SMILES string of the molecule is CC(C)C(=O)CCC(=O)N(CCOCCOCCC(=O)O)C1CCN(C=O)CC1. The molecule has 1 fully saturated rings. The predicted octanol–water partition coefficient (Wildman–Crippen LogP) is 0.949. The van der Waals surface area contributed by atoms with Crippen LogP contribution in [0.25, 0.3) is 0 Å². The van der Waals surface area contributed by atoms with Gasteiger partial charge in [-0.25, -0.2) is 0 Å². The number of nitrogens with zero attached hydrogens (tertiary/aromatic N) is 2. The van der Waals surface area contributed by atoms with E-state index in [0.29, 0.717) is 52.3 Å². The molecule has 2 amide bonds. The highest BCUT2D eigenvalue weighted by atomic mass is 16.5. The lowest BCUT2D eigenvalue weighted by Crippen LogP contribution is -2.48. The van der Waals surface area contributed by atoms with Crippen molar-refractivity contribution in [3.05, 3.63) is 0 Å². The number of ketones is 1. The minimum Gasteiger partial charge on any atom is -0.481 e. The molecule has 0 aromatic carbocycles. The van der Waals surface area contributed by atoms with Gasteiger partial charge in [-0.15, -0.1) is 0 Å². The monoisotopic (exact) mass is 414 g/mol. The quantitative estimate of drug-likeness (QED) is 0.313. The van der Waals surface area contributed by atoms with Gasteiger partial charge in [-0.2, -0.15) is 0 Å². The third kappa shape index (κ3) is 10.4. The van der Waals surface area contributed by atoms with Gasteiger partial charge in [0.15, 0.2) is 0 Å². The molecule has 1 N–H and O–H groups in total. The van der Waals surface area contributed by atoms with Crippen molar-refractivity contribution in [1.29, 1.82) is 0 Å². The van der Waals surface area contributed by atoms with Gasteiger partial charge < -0.3 is 24.4 Å². The van der Waals surface area contributed by atoms with Crippen LogP contribution >= 0.6 is 0 Å². The Kier molecular flexibility index (Phi) is 12.1. The van der Waals surface area contributed by atoms with Gasteiger partial charge in [0.1, 0.15) is 5.78 Å². The highest BCUT2D eigenvalue weighted by Crippen LogP contribution is 2.17. The fraction of sp³-hybridized carbons (Fsp3) is 0.800. The van der Waals surface area contributed by atoms with Crippen molar-refractivity contribution < 1.29 is 33.8 Å². The fourth-order valence-electron chi connectivity index (χ4n) is 3.12. The second kappa shape index (κ2) is 14.1. The van der Waals surface area contributed by atoms with Crippen LogP contribution in [0.2, 0.25) is 0 Å². The van der Waals surface area contributed by atoms with Crippen LogP contribution in [0.15, 0.2) is 0 Å². The number of piperidine rings is 1. The first-order valence-corrected chi connectivity index (χ1v) is 10.2. The van der Waals surface area contributed by atoms with E-state index in [1.165, 1.54) is 0 Å². The van der Waals surface area contributed by atoms with E-state index in [0.717, 1.165) is 6.41 Å². The van der Waals surface area contributed by atoms with E-state index in [1.54, 1.807) is 9.80 Å². The van der Waals surface area contributed by atoms with Crippen molar-refractivity contribution in [3.8, 4) is 0 Å². The molecule has 0 bridgehead atoms. The number of likely N-dealkylation sites (tertiary alicyclic amines) is 1. The number of hydrogen-bond donors (Lipinski definition) is 1. The van der Waals surface area contributed by atoms with Gasteiger partial charge in [0.2, 0.25) is 12.3 Å². The van der Waals surface area contributed by atoms with Gasteiger partial charge in [-0.1, -0.05) is 13.8 Å². The highest BCUT2D eigenvalue weighted by molar-refractivity contribution is 5.86. The Morgan fingerprint density at radius 2 is 1.66 bits per heavy atom. The summed E-state index contributed by atoms with van der Waals surface area (Å²) in [6.07, 6.45) is 2.62. The largest absolute Gasteiger partial charge is 0.481 e. The van der Waals surface area contributed by atoms with Gasteiger partial charge >= 0.3 is 5.97 Å². The van der Waals surface area contributed by atoms with Crippen molar-refractivity contribution >= 4 is 24.1 Å². The molecule has 0 atom stereocenters. The maximum absolute atomic E-state index is 12.7. The topological polar surface area (TPSA) is 113 Å².